The second-order valence-corrected chi connectivity index (χ2v) is 9.55. The van der Waals surface area contributed by atoms with Crippen molar-refractivity contribution in [1.82, 2.24) is 0 Å². The second-order valence-electron chi connectivity index (χ2n) is 9.55. The first-order valence-electron chi connectivity index (χ1n) is 11.7. The van der Waals surface area contributed by atoms with Crippen LogP contribution in [-0.4, -0.2) is 5.71 Å². The summed E-state index contributed by atoms with van der Waals surface area (Å²) in [7, 11) is 0. The second kappa shape index (κ2) is 7.95. The number of hydrogen-bond acceptors (Lipinski definition) is 2. The minimum atomic E-state index is -4.43. The van der Waals surface area contributed by atoms with Gasteiger partial charge in [0.15, 0.2) is 0 Å². The minimum absolute atomic E-state index is 0.537. The van der Waals surface area contributed by atoms with Crippen molar-refractivity contribution in [2.24, 2.45) is 4.99 Å². The Hall–Kier alpha value is -4.12. The molecule has 0 aromatic heterocycles. The average Bonchev–Trinajstić information content (AvgIpc) is 3.20. The molecule has 1 aliphatic heterocycles. The largest absolute Gasteiger partial charge is 0.457 e. The van der Waals surface area contributed by atoms with Crippen LogP contribution < -0.4 is 4.74 Å². The van der Waals surface area contributed by atoms with E-state index >= 15 is 0 Å². The number of aliphatic imine (C=N–C) groups is 1. The van der Waals surface area contributed by atoms with Crippen LogP contribution in [0, 0.1) is 0 Å². The van der Waals surface area contributed by atoms with E-state index in [1.807, 2.05) is 78.9 Å². The third-order valence-corrected chi connectivity index (χ3v) is 6.90. The van der Waals surface area contributed by atoms with Gasteiger partial charge in [-0.15, -0.1) is 0 Å². The lowest BCUT2D eigenvalue weighted by Gasteiger charge is -2.34. The SMILES string of the molecule is CC1(C)C2=C(c3ccccc3)c3cc(C(F)(F)F)ccc3C2=Nc2ccc(Oc3ccccc3)cc21. The van der Waals surface area contributed by atoms with Crippen molar-refractivity contribution in [3.05, 3.63) is 130 Å². The maximum atomic E-state index is 13.7. The van der Waals surface area contributed by atoms with Gasteiger partial charge in [-0.2, -0.15) is 13.2 Å². The van der Waals surface area contributed by atoms with Crippen molar-refractivity contribution in [2.75, 3.05) is 0 Å². The first-order chi connectivity index (χ1) is 17.2. The molecular formula is C31H22F3NO. The Labute approximate surface area is 207 Å². The van der Waals surface area contributed by atoms with Crippen molar-refractivity contribution in [3.8, 4) is 11.5 Å². The molecule has 0 fully saturated rings. The molecule has 0 spiro atoms. The van der Waals surface area contributed by atoms with E-state index < -0.39 is 17.2 Å². The summed E-state index contributed by atoms with van der Waals surface area (Å²) in [6.45, 7) is 4.20. The number of para-hydroxylation sites is 1. The molecule has 0 radical (unpaired) electrons. The lowest BCUT2D eigenvalue weighted by atomic mass is 9.71. The number of rotatable bonds is 3. The molecule has 2 aliphatic rings. The Morgan fingerprint density at radius 2 is 1.42 bits per heavy atom. The molecule has 0 bridgehead atoms. The summed E-state index contributed by atoms with van der Waals surface area (Å²) < 4.78 is 47.1. The van der Waals surface area contributed by atoms with Crippen LogP contribution in [0.3, 0.4) is 0 Å². The molecular weight excluding hydrogens is 459 g/mol. The van der Waals surface area contributed by atoms with Crippen LogP contribution in [0.1, 0.15) is 41.7 Å². The highest BCUT2D eigenvalue weighted by Crippen LogP contribution is 2.53. The molecule has 0 saturated heterocycles. The van der Waals surface area contributed by atoms with Gasteiger partial charge in [0, 0.05) is 11.0 Å². The van der Waals surface area contributed by atoms with Crippen molar-refractivity contribution >= 4 is 17.0 Å². The Kier molecular flexibility index (Phi) is 4.94. The molecule has 4 aromatic rings. The van der Waals surface area contributed by atoms with E-state index in [4.69, 9.17) is 9.73 Å². The summed E-state index contributed by atoms with van der Waals surface area (Å²) in [5, 5.41) is 0. The number of hydrogen-bond donors (Lipinski definition) is 0. The standard InChI is InChI=1S/C31H22F3NO/c1-30(2)25-18-22(36-21-11-7-4-8-12-21)14-16-26(25)35-29-23-15-13-20(31(32,33)34)17-24(23)27(28(29)30)19-9-5-3-6-10-19/h3-18H,1-2H3. The van der Waals surface area contributed by atoms with Crippen LogP contribution in [-0.2, 0) is 11.6 Å². The summed E-state index contributed by atoms with van der Waals surface area (Å²) in [4.78, 5) is 4.98. The van der Waals surface area contributed by atoms with Gasteiger partial charge in [0.25, 0.3) is 0 Å². The topological polar surface area (TPSA) is 21.6 Å². The normalized spacial score (nSPS) is 15.6. The molecule has 0 amide bonds. The third kappa shape index (κ3) is 3.54. The Balaban J connectivity index is 1.57. The van der Waals surface area contributed by atoms with Gasteiger partial charge in [-0.05, 0) is 70.3 Å². The zero-order valence-electron chi connectivity index (χ0n) is 19.7. The van der Waals surface area contributed by atoms with Gasteiger partial charge in [0.05, 0.1) is 17.0 Å². The van der Waals surface area contributed by atoms with Crippen LogP contribution in [0.2, 0.25) is 0 Å². The summed E-state index contributed by atoms with van der Waals surface area (Å²) in [6.07, 6.45) is -4.43. The van der Waals surface area contributed by atoms with Crippen molar-refractivity contribution < 1.29 is 17.9 Å². The highest BCUT2D eigenvalue weighted by Gasteiger charge is 2.43. The van der Waals surface area contributed by atoms with Crippen molar-refractivity contribution in [2.45, 2.75) is 25.4 Å². The van der Waals surface area contributed by atoms with Crippen LogP contribution >= 0.6 is 0 Å². The maximum Gasteiger partial charge on any atom is 0.416 e. The number of nitrogens with zero attached hydrogens (tertiary/aromatic N) is 1. The molecule has 0 atom stereocenters. The highest BCUT2D eigenvalue weighted by atomic mass is 19.4. The first kappa shape index (κ1) is 22.4. The number of alkyl halides is 3. The van der Waals surface area contributed by atoms with Gasteiger partial charge in [0.1, 0.15) is 11.5 Å². The Bertz CT molecular complexity index is 1550. The third-order valence-electron chi connectivity index (χ3n) is 6.90. The molecule has 0 N–H and O–H groups in total. The van der Waals surface area contributed by atoms with Gasteiger partial charge in [-0.25, -0.2) is 4.99 Å². The van der Waals surface area contributed by atoms with Crippen LogP contribution in [0.4, 0.5) is 18.9 Å². The van der Waals surface area contributed by atoms with E-state index in [-0.39, 0.29) is 0 Å². The van der Waals surface area contributed by atoms with E-state index in [0.29, 0.717) is 11.3 Å². The molecule has 36 heavy (non-hydrogen) atoms. The zero-order valence-corrected chi connectivity index (χ0v) is 19.7. The monoisotopic (exact) mass is 481 g/mol. The van der Waals surface area contributed by atoms with E-state index in [2.05, 4.69) is 13.8 Å². The molecule has 5 heteroatoms. The van der Waals surface area contributed by atoms with Gasteiger partial charge < -0.3 is 4.74 Å². The lowest BCUT2D eigenvalue weighted by Crippen LogP contribution is -2.28. The number of fused-ring (bicyclic) bond motifs is 4. The molecule has 0 unspecified atom stereocenters. The van der Waals surface area contributed by atoms with Gasteiger partial charge in [-0.1, -0.05) is 68.4 Å². The average molecular weight is 482 g/mol. The molecule has 1 heterocycles. The molecule has 2 nitrogen and oxygen atoms in total. The molecule has 4 aromatic carbocycles. The van der Waals surface area contributed by atoms with Gasteiger partial charge >= 0.3 is 6.18 Å². The van der Waals surface area contributed by atoms with E-state index in [1.165, 1.54) is 6.07 Å². The molecule has 6 rings (SSSR count). The fraction of sp³-hybridized carbons (Fsp3) is 0.129. The van der Waals surface area contributed by atoms with Gasteiger partial charge in [0.2, 0.25) is 0 Å². The molecule has 1 aliphatic carbocycles. The van der Waals surface area contributed by atoms with Crippen LogP contribution in [0.5, 0.6) is 11.5 Å². The Morgan fingerprint density at radius 1 is 0.722 bits per heavy atom. The quantitative estimate of drug-likeness (QED) is 0.287. The summed E-state index contributed by atoms with van der Waals surface area (Å²) in [5.74, 6) is 1.41. The number of ether oxygens (including phenoxy) is 1. The van der Waals surface area contributed by atoms with E-state index in [9.17, 15) is 13.2 Å². The fourth-order valence-corrected chi connectivity index (χ4v) is 5.21. The number of halogens is 3. The van der Waals surface area contributed by atoms with Gasteiger partial charge in [-0.3, -0.25) is 0 Å². The fourth-order valence-electron chi connectivity index (χ4n) is 5.21. The van der Waals surface area contributed by atoms with Crippen LogP contribution in [0.25, 0.3) is 5.57 Å². The van der Waals surface area contributed by atoms with E-state index in [0.717, 1.165) is 51.1 Å². The predicted molar refractivity (Wildman–Crippen MR) is 136 cm³/mol. The maximum absolute atomic E-state index is 13.7. The molecule has 0 saturated carbocycles. The number of benzene rings is 4. The lowest BCUT2D eigenvalue weighted by molar-refractivity contribution is -0.137. The van der Waals surface area contributed by atoms with Crippen molar-refractivity contribution in [1.29, 1.82) is 0 Å². The highest BCUT2D eigenvalue weighted by molar-refractivity contribution is 6.28. The zero-order chi connectivity index (χ0) is 25.1. The first-order valence-corrected chi connectivity index (χ1v) is 11.7. The minimum Gasteiger partial charge on any atom is -0.457 e. The smallest absolute Gasteiger partial charge is 0.416 e. The Morgan fingerprint density at radius 3 is 2.11 bits per heavy atom. The number of allylic oxidation sites excluding steroid dienone is 1. The van der Waals surface area contributed by atoms with Crippen LogP contribution in [0.15, 0.2) is 108 Å². The summed E-state index contributed by atoms with van der Waals surface area (Å²) in [6, 6.07) is 28.9. The summed E-state index contributed by atoms with van der Waals surface area (Å²) in [5.41, 5.74) is 5.15. The van der Waals surface area contributed by atoms with Crippen molar-refractivity contribution in [3.63, 3.8) is 0 Å². The molecule has 178 valence electrons. The van der Waals surface area contributed by atoms with E-state index in [1.54, 1.807) is 6.07 Å². The predicted octanol–water partition coefficient (Wildman–Crippen LogP) is 8.73. The summed E-state index contributed by atoms with van der Waals surface area (Å²) >= 11 is 0.